The summed E-state index contributed by atoms with van der Waals surface area (Å²) in [5.41, 5.74) is 0. The van der Waals surface area contributed by atoms with Gasteiger partial charge in [0.15, 0.2) is 5.96 Å². The van der Waals surface area contributed by atoms with Crippen LogP contribution >= 0.6 is 0 Å². The third-order valence-corrected chi connectivity index (χ3v) is 4.24. The van der Waals surface area contributed by atoms with Gasteiger partial charge < -0.3 is 15.5 Å². The maximum Gasteiger partial charge on any atom is 0.193 e. The van der Waals surface area contributed by atoms with Gasteiger partial charge in [0, 0.05) is 39.4 Å². The second-order valence-electron chi connectivity index (χ2n) is 6.67. The van der Waals surface area contributed by atoms with Crippen molar-refractivity contribution in [3.05, 3.63) is 24.4 Å². The normalized spacial score (nSPS) is 22.0. The molecule has 1 aliphatic rings. The van der Waals surface area contributed by atoms with Crippen molar-refractivity contribution in [1.29, 1.82) is 0 Å². The summed E-state index contributed by atoms with van der Waals surface area (Å²) in [6.07, 6.45) is 5.38. The first-order chi connectivity index (χ1) is 11.2. The smallest absolute Gasteiger partial charge is 0.193 e. The van der Waals surface area contributed by atoms with Crippen LogP contribution in [0.5, 0.6) is 0 Å². The van der Waals surface area contributed by atoms with Gasteiger partial charge in [0.05, 0.1) is 0 Å². The van der Waals surface area contributed by atoms with Gasteiger partial charge in [-0.2, -0.15) is 0 Å². The summed E-state index contributed by atoms with van der Waals surface area (Å²) in [4.78, 5) is 11.1. The molecule has 1 aliphatic heterocycles. The molecule has 2 rings (SSSR count). The molecule has 1 aromatic heterocycles. The molecule has 5 nitrogen and oxygen atoms in total. The summed E-state index contributed by atoms with van der Waals surface area (Å²) in [7, 11) is 1.88. The lowest BCUT2D eigenvalue weighted by molar-refractivity contribution is 0.208. The maximum atomic E-state index is 4.45. The van der Waals surface area contributed by atoms with Crippen LogP contribution in [0.1, 0.15) is 33.1 Å². The number of aromatic nitrogens is 1. The van der Waals surface area contributed by atoms with E-state index in [1.54, 1.807) is 0 Å². The van der Waals surface area contributed by atoms with E-state index >= 15 is 0 Å². The van der Waals surface area contributed by atoms with Crippen LogP contribution in [0.4, 0.5) is 5.82 Å². The van der Waals surface area contributed by atoms with E-state index in [1.165, 1.54) is 6.42 Å². The number of nitrogens with zero attached hydrogens (tertiary/aromatic N) is 3. The van der Waals surface area contributed by atoms with Crippen molar-refractivity contribution >= 4 is 11.8 Å². The SMILES string of the molecule is CN=C(NCCCCNc1ccccn1)N1CC(C)CC(C)C1. The van der Waals surface area contributed by atoms with Crippen molar-refractivity contribution in [1.82, 2.24) is 15.2 Å². The number of hydrogen-bond donors (Lipinski definition) is 2. The molecule has 2 N–H and O–H groups in total. The number of likely N-dealkylation sites (tertiary alicyclic amines) is 1. The highest BCUT2D eigenvalue weighted by molar-refractivity contribution is 5.79. The number of piperidine rings is 1. The topological polar surface area (TPSA) is 52.6 Å². The van der Waals surface area contributed by atoms with E-state index in [1.807, 2.05) is 31.4 Å². The van der Waals surface area contributed by atoms with Crippen molar-refractivity contribution in [2.24, 2.45) is 16.8 Å². The zero-order chi connectivity index (χ0) is 16.5. The van der Waals surface area contributed by atoms with Gasteiger partial charge in [0.1, 0.15) is 5.82 Å². The molecule has 0 saturated carbocycles. The number of pyridine rings is 1. The Labute approximate surface area is 140 Å². The molecule has 0 aromatic carbocycles. The molecule has 2 atom stereocenters. The van der Waals surface area contributed by atoms with Gasteiger partial charge in [0.25, 0.3) is 0 Å². The third-order valence-electron chi connectivity index (χ3n) is 4.24. The Bertz CT molecular complexity index is 464. The van der Waals surface area contributed by atoms with Crippen LogP contribution in [0.2, 0.25) is 0 Å². The number of guanidine groups is 1. The number of rotatable bonds is 6. The molecule has 1 fully saturated rings. The van der Waals surface area contributed by atoms with Gasteiger partial charge in [0.2, 0.25) is 0 Å². The van der Waals surface area contributed by atoms with E-state index in [-0.39, 0.29) is 0 Å². The van der Waals surface area contributed by atoms with Crippen LogP contribution in [-0.4, -0.2) is 49.1 Å². The second kappa shape index (κ2) is 9.38. The van der Waals surface area contributed by atoms with Gasteiger partial charge in [-0.1, -0.05) is 19.9 Å². The molecule has 128 valence electrons. The average molecular weight is 317 g/mol. The van der Waals surface area contributed by atoms with E-state index in [4.69, 9.17) is 0 Å². The lowest BCUT2D eigenvalue weighted by Gasteiger charge is -2.37. The second-order valence-corrected chi connectivity index (χ2v) is 6.67. The summed E-state index contributed by atoms with van der Waals surface area (Å²) >= 11 is 0. The summed E-state index contributed by atoms with van der Waals surface area (Å²) in [6.45, 7) is 8.82. The molecule has 1 saturated heterocycles. The first-order valence-corrected chi connectivity index (χ1v) is 8.79. The van der Waals surface area contributed by atoms with E-state index in [9.17, 15) is 0 Å². The zero-order valence-electron chi connectivity index (χ0n) is 14.8. The Hall–Kier alpha value is -1.78. The maximum absolute atomic E-state index is 4.45. The first kappa shape index (κ1) is 17.6. The molecule has 5 heteroatoms. The lowest BCUT2D eigenvalue weighted by atomic mass is 9.92. The number of nitrogens with one attached hydrogen (secondary N) is 2. The van der Waals surface area contributed by atoms with Gasteiger partial charge >= 0.3 is 0 Å². The van der Waals surface area contributed by atoms with Gasteiger partial charge in [-0.15, -0.1) is 0 Å². The lowest BCUT2D eigenvalue weighted by Crippen LogP contribution is -2.48. The fraction of sp³-hybridized carbons (Fsp3) is 0.667. The molecule has 0 aliphatic carbocycles. The summed E-state index contributed by atoms with van der Waals surface area (Å²) < 4.78 is 0. The zero-order valence-corrected chi connectivity index (χ0v) is 14.8. The van der Waals surface area contributed by atoms with Crippen LogP contribution in [0, 0.1) is 11.8 Å². The van der Waals surface area contributed by atoms with Gasteiger partial charge in [-0.3, -0.25) is 4.99 Å². The minimum atomic E-state index is 0.750. The summed E-state index contributed by atoms with van der Waals surface area (Å²) in [5, 5.41) is 6.85. The molecule has 2 unspecified atom stereocenters. The number of unbranched alkanes of at least 4 members (excludes halogenated alkanes) is 1. The van der Waals surface area contributed by atoms with Crippen LogP contribution < -0.4 is 10.6 Å². The van der Waals surface area contributed by atoms with Crippen LogP contribution in [0.25, 0.3) is 0 Å². The summed E-state index contributed by atoms with van der Waals surface area (Å²) in [5.74, 6) is 3.51. The highest BCUT2D eigenvalue weighted by Gasteiger charge is 2.23. The number of hydrogen-bond acceptors (Lipinski definition) is 3. The van der Waals surface area contributed by atoms with Crippen LogP contribution in [0.15, 0.2) is 29.4 Å². The van der Waals surface area contributed by atoms with Gasteiger partial charge in [-0.05, 0) is 43.2 Å². The van der Waals surface area contributed by atoms with Crippen LogP contribution in [-0.2, 0) is 0 Å². The van der Waals surface area contributed by atoms with E-state index < -0.39 is 0 Å². The van der Waals surface area contributed by atoms with Crippen molar-refractivity contribution in [3.63, 3.8) is 0 Å². The van der Waals surface area contributed by atoms with Crippen LogP contribution in [0.3, 0.4) is 0 Å². The fourth-order valence-corrected chi connectivity index (χ4v) is 3.30. The molecule has 0 spiro atoms. The minimum Gasteiger partial charge on any atom is -0.370 e. The van der Waals surface area contributed by atoms with E-state index in [0.717, 1.165) is 62.6 Å². The predicted octanol–water partition coefficient (Wildman–Crippen LogP) is 2.83. The predicted molar refractivity (Wildman–Crippen MR) is 97.8 cm³/mol. The molecule has 2 heterocycles. The third kappa shape index (κ3) is 6.08. The standard InChI is InChI=1S/C18H31N5/c1-15-12-16(2)14-23(13-15)18(19-3)22-11-7-6-10-21-17-8-4-5-9-20-17/h4-5,8-9,15-16H,6-7,10-14H2,1-3H3,(H,19,22)(H,20,21). The quantitative estimate of drug-likeness (QED) is 0.481. The fourth-order valence-electron chi connectivity index (χ4n) is 3.30. The molecule has 1 aromatic rings. The van der Waals surface area contributed by atoms with E-state index in [0.29, 0.717) is 0 Å². The Kier molecular flexibility index (Phi) is 7.17. The van der Waals surface area contributed by atoms with Crippen molar-refractivity contribution in [2.45, 2.75) is 33.1 Å². The highest BCUT2D eigenvalue weighted by atomic mass is 15.3. The Morgan fingerprint density at radius 2 is 1.96 bits per heavy atom. The number of anilines is 1. The molecule has 23 heavy (non-hydrogen) atoms. The highest BCUT2D eigenvalue weighted by Crippen LogP contribution is 2.20. The van der Waals surface area contributed by atoms with Crippen molar-refractivity contribution in [3.8, 4) is 0 Å². The largest absolute Gasteiger partial charge is 0.370 e. The molecule has 0 radical (unpaired) electrons. The summed E-state index contributed by atoms with van der Waals surface area (Å²) in [6, 6.07) is 5.93. The van der Waals surface area contributed by atoms with E-state index in [2.05, 4.69) is 39.4 Å². The first-order valence-electron chi connectivity index (χ1n) is 8.79. The minimum absolute atomic E-state index is 0.750. The molecular formula is C18H31N5. The number of aliphatic imine (C=N–C) groups is 1. The van der Waals surface area contributed by atoms with Crippen molar-refractivity contribution in [2.75, 3.05) is 38.5 Å². The molecular weight excluding hydrogens is 286 g/mol. The van der Waals surface area contributed by atoms with Gasteiger partial charge in [-0.25, -0.2) is 4.98 Å². The van der Waals surface area contributed by atoms with Crippen molar-refractivity contribution < 1.29 is 0 Å². The molecule has 0 bridgehead atoms. The Morgan fingerprint density at radius 1 is 1.22 bits per heavy atom. The monoisotopic (exact) mass is 317 g/mol. The average Bonchev–Trinajstić information content (AvgIpc) is 2.54. The Morgan fingerprint density at radius 3 is 2.61 bits per heavy atom. The molecule has 0 amide bonds. The Balaban J connectivity index is 1.62.